The highest BCUT2D eigenvalue weighted by molar-refractivity contribution is 5.49. The first-order valence-corrected chi connectivity index (χ1v) is 8.98. The lowest BCUT2D eigenvalue weighted by atomic mass is 9.89. The van der Waals surface area contributed by atoms with Crippen molar-refractivity contribution in [2.75, 3.05) is 48.0 Å². The van der Waals surface area contributed by atoms with Crippen LogP contribution < -0.4 is 19.5 Å². The van der Waals surface area contributed by atoms with Gasteiger partial charge in [0, 0.05) is 13.1 Å². The van der Waals surface area contributed by atoms with E-state index >= 15 is 0 Å². The van der Waals surface area contributed by atoms with Gasteiger partial charge in [0.1, 0.15) is 12.4 Å². The molecule has 2 aromatic carbocycles. The van der Waals surface area contributed by atoms with Crippen LogP contribution in [-0.2, 0) is 6.42 Å². The Hall–Kier alpha value is -2.24. The van der Waals surface area contributed by atoms with Crippen molar-refractivity contribution in [2.24, 2.45) is 0 Å². The topological polar surface area (TPSA) is 43.0 Å². The Kier molecular flexibility index (Phi) is 6.01. The average molecular weight is 356 g/mol. The molecule has 5 nitrogen and oxygen atoms in total. The second kappa shape index (κ2) is 8.43. The first kappa shape index (κ1) is 18.5. The van der Waals surface area contributed by atoms with Gasteiger partial charge in [0.05, 0.1) is 20.3 Å². The van der Waals surface area contributed by atoms with Crippen molar-refractivity contribution in [1.29, 1.82) is 0 Å². The number of hydrogen-bond acceptors (Lipinski definition) is 5. The summed E-state index contributed by atoms with van der Waals surface area (Å²) in [5.74, 6) is 2.44. The third-order valence-electron chi connectivity index (χ3n) is 4.72. The van der Waals surface area contributed by atoms with Crippen LogP contribution in [0.3, 0.4) is 0 Å². The summed E-state index contributed by atoms with van der Waals surface area (Å²) in [4.78, 5) is 2.12. The molecule has 0 spiro atoms. The molecular weight excluding hydrogens is 328 g/mol. The van der Waals surface area contributed by atoms with Crippen LogP contribution >= 0.6 is 0 Å². The number of nitrogens with one attached hydrogen (secondary N) is 1. The molecule has 0 radical (unpaired) electrons. The van der Waals surface area contributed by atoms with Crippen LogP contribution in [0.4, 0.5) is 0 Å². The lowest BCUT2D eigenvalue weighted by Crippen LogP contribution is -2.30. The van der Waals surface area contributed by atoms with Gasteiger partial charge in [0.15, 0.2) is 11.5 Å². The molecule has 2 aromatic rings. The van der Waals surface area contributed by atoms with Gasteiger partial charge in [-0.1, -0.05) is 12.1 Å². The van der Waals surface area contributed by atoms with Crippen molar-refractivity contribution in [3.8, 4) is 17.2 Å². The van der Waals surface area contributed by atoms with E-state index in [2.05, 4.69) is 48.6 Å². The first-order valence-electron chi connectivity index (χ1n) is 8.98. The summed E-state index contributed by atoms with van der Waals surface area (Å²) in [5.41, 5.74) is 3.80. The Bertz CT molecular complexity index is 746. The molecule has 0 saturated carbocycles. The molecule has 1 heterocycles. The van der Waals surface area contributed by atoms with E-state index in [0.717, 1.165) is 36.8 Å². The highest BCUT2D eigenvalue weighted by Crippen LogP contribution is 2.35. The molecule has 3 rings (SSSR count). The summed E-state index contributed by atoms with van der Waals surface area (Å²) in [5, 5.41) is 3.61. The average Bonchev–Trinajstić information content (AvgIpc) is 2.66. The lowest BCUT2D eigenvalue weighted by Gasteiger charge is -2.28. The molecule has 1 N–H and O–H groups in total. The first-order chi connectivity index (χ1) is 12.6. The molecule has 1 unspecified atom stereocenters. The van der Waals surface area contributed by atoms with Crippen LogP contribution in [0.2, 0.25) is 0 Å². The fraction of sp³-hybridized carbons (Fsp3) is 0.429. The molecule has 0 fully saturated rings. The third-order valence-corrected chi connectivity index (χ3v) is 4.72. The fourth-order valence-electron chi connectivity index (χ4n) is 3.31. The van der Waals surface area contributed by atoms with Crippen LogP contribution in [-0.4, -0.2) is 52.9 Å². The summed E-state index contributed by atoms with van der Waals surface area (Å²) in [7, 11) is 7.43. The highest BCUT2D eigenvalue weighted by Gasteiger charge is 2.23. The van der Waals surface area contributed by atoms with Crippen LogP contribution in [0.25, 0.3) is 0 Å². The summed E-state index contributed by atoms with van der Waals surface area (Å²) in [6.45, 7) is 2.54. The summed E-state index contributed by atoms with van der Waals surface area (Å²) >= 11 is 0. The number of rotatable bonds is 7. The molecular formula is C21H28N2O3. The van der Waals surface area contributed by atoms with Gasteiger partial charge < -0.3 is 24.4 Å². The van der Waals surface area contributed by atoms with Gasteiger partial charge >= 0.3 is 0 Å². The van der Waals surface area contributed by atoms with Crippen molar-refractivity contribution in [1.82, 2.24) is 10.2 Å². The smallest absolute Gasteiger partial charge is 0.161 e. The van der Waals surface area contributed by atoms with Crippen molar-refractivity contribution in [2.45, 2.75) is 12.5 Å². The highest BCUT2D eigenvalue weighted by atomic mass is 16.5. The van der Waals surface area contributed by atoms with E-state index in [-0.39, 0.29) is 6.04 Å². The minimum Gasteiger partial charge on any atom is -0.493 e. The quantitative estimate of drug-likeness (QED) is 0.826. The van der Waals surface area contributed by atoms with Gasteiger partial charge in [-0.3, -0.25) is 0 Å². The monoisotopic (exact) mass is 356 g/mol. The number of fused-ring (bicyclic) bond motifs is 1. The van der Waals surface area contributed by atoms with E-state index < -0.39 is 0 Å². The maximum atomic E-state index is 5.89. The van der Waals surface area contributed by atoms with E-state index in [1.165, 1.54) is 16.7 Å². The van der Waals surface area contributed by atoms with Crippen molar-refractivity contribution >= 4 is 0 Å². The number of nitrogens with zero attached hydrogens (tertiary/aromatic N) is 1. The second-order valence-electron chi connectivity index (χ2n) is 6.76. The second-order valence-corrected chi connectivity index (χ2v) is 6.76. The zero-order chi connectivity index (χ0) is 18.5. The maximum Gasteiger partial charge on any atom is 0.161 e. The number of benzene rings is 2. The molecule has 0 aliphatic carbocycles. The van der Waals surface area contributed by atoms with Crippen molar-refractivity contribution in [3.05, 3.63) is 53.1 Å². The molecule has 1 atom stereocenters. The minimum absolute atomic E-state index is 0.148. The zero-order valence-electron chi connectivity index (χ0n) is 16.0. The molecule has 5 heteroatoms. The van der Waals surface area contributed by atoms with Crippen molar-refractivity contribution in [3.63, 3.8) is 0 Å². The molecule has 140 valence electrons. The van der Waals surface area contributed by atoms with Gasteiger partial charge in [0.25, 0.3) is 0 Å². The molecule has 1 aliphatic rings. The van der Waals surface area contributed by atoms with Crippen LogP contribution in [0, 0.1) is 0 Å². The lowest BCUT2D eigenvalue weighted by molar-refractivity contribution is 0.261. The van der Waals surface area contributed by atoms with Gasteiger partial charge in [-0.2, -0.15) is 0 Å². The normalized spacial score (nSPS) is 16.3. The molecule has 0 aromatic heterocycles. The Labute approximate surface area is 155 Å². The van der Waals surface area contributed by atoms with E-state index in [9.17, 15) is 0 Å². The van der Waals surface area contributed by atoms with Gasteiger partial charge in [0.2, 0.25) is 0 Å². The largest absolute Gasteiger partial charge is 0.493 e. The molecule has 26 heavy (non-hydrogen) atoms. The molecule has 0 saturated heterocycles. The van der Waals surface area contributed by atoms with E-state index in [1.807, 2.05) is 12.1 Å². The number of methoxy groups -OCH3 is 2. The molecule has 0 bridgehead atoms. The van der Waals surface area contributed by atoms with Crippen LogP contribution in [0.1, 0.15) is 22.7 Å². The number of likely N-dealkylation sites (N-methyl/N-ethyl adjacent to an activating group) is 1. The Morgan fingerprint density at radius 2 is 1.85 bits per heavy atom. The number of hydrogen-bond donors (Lipinski definition) is 1. The minimum atomic E-state index is 0.148. The van der Waals surface area contributed by atoms with Gasteiger partial charge in [-0.25, -0.2) is 0 Å². The SMILES string of the molecule is COc1ccc(C2NCCc3cc(OCCN(C)C)ccc32)cc1OC. The standard InChI is InChI=1S/C21H28N2O3/c1-23(2)11-12-26-17-6-7-18-15(13-17)9-10-22-21(18)16-5-8-19(24-3)20(14-16)25-4/h5-8,13-14,21-22H,9-12H2,1-4H3. The van der Waals surface area contributed by atoms with Crippen molar-refractivity contribution < 1.29 is 14.2 Å². The van der Waals surface area contributed by atoms with Gasteiger partial charge in [-0.15, -0.1) is 0 Å². The Morgan fingerprint density at radius 1 is 1.04 bits per heavy atom. The van der Waals surface area contributed by atoms with Gasteiger partial charge in [-0.05, 0) is 61.5 Å². The molecule has 0 amide bonds. The Balaban J connectivity index is 1.82. The summed E-state index contributed by atoms with van der Waals surface area (Å²) < 4.78 is 16.7. The third kappa shape index (κ3) is 4.11. The Morgan fingerprint density at radius 3 is 2.58 bits per heavy atom. The number of ether oxygens (including phenoxy) is 3. The van der Waals surface area contributed by atoms with E-state index in [0.29, 0.717) is 6.61 Å². The summed E-state index contributed by atoms with van der Waals surface area (Å²) in [6, 6.07) is 12.7. The summed E-state index contributed by atoms with van der Waals surface area (Å²) in [6.07, 6.45) is 1.00. The van der Waals surface area contributed by atoms with E-state index in [1.54, 1.807) is 14.2 Å². The molecule has 1 aliphatic heterocycles. The maximum absolute atomic E-state index is 5.89. The fourth-order valence-corrected chi connectivity index (χ4v) is 3.31. The van der Waals surface area contributed by atoms with E-state index in [4.69, 9.17) is 14.2 Å². The van der Waals surface area contributed by atoms with Crippen LogP contribution in [0.5, 0.6) is 17.2 Å². The zero-order valence-corrected chi connectivity index (χ0v) is 16.0. The predicted molar refractivity (Wildman–Crippen MR) is 104 cm³/mol. The predicted octanol–water partition coefficient (Wildman–Crippen LogP) is 2.88. The van der Waals surface area contributed by atoms with Crippen LogP contribution in [0.15, 0.2) is 36.4 Å².